The summed E-state index contributed by atoms with van der Waals surface area (Å²) in [5.41, 5.74) is 1.85. The molecule has 15 heavy (non-hydrogen) atoms. The number of anilines is 1. The van der Waals surface area contributed by atoms with Crippen LogP contribution in [0.5, 0.6) is 0 Å². The fourth-order valence-electron chi connectivity index (χ4n) is 1.95. The molecule has 4 nitrogen and oxygen atoms in total. The van der Waals surface area contributed by atoms with E-state index in [2.05, 4.69) is 5.32 Å². The van der Waals surface area contributed by atoms with Crippen molar-refractivity contribution >= 4 is 5.69 Å². The highest BCUT2D eigenvalue weighted by atomic mass is 16.3. The topological polar surface area (TPSA) is 75.4 Å². The highest BCUT2D eigenvalue weighted by Gasteiger charge is 2.31. The number of benzene rings is 1. The normalized spacial score (nSPS) is 26.6. The molecule has 0 saturated heterocycles. The second-order valence-corrected chi connectivity index (χ2v) is 3.88. The minimum absolute atomic E-state index is 0.229. The number of para-hydroxylation sites is 1. The molecular formula is C11H16NO3+. The Kier molecular flexibility index (Phi) is 2.90. The molecule has 0 fully saturated rings. The van der Waals surface area contributed by atoms with Gasteiger partial charge in [0.15, 0.2) is 6.10 Å². The second kappa shape index (κ2) is 4.18. The van der Waals surface area contributed by atoms with Gasteiger partial charge in [0.2, 0.25) is 0 Å². The predicted octanol–water partition coefficient (Wildman–Crippen LogP) is -0.0103. The number of hydrogen-bond acceptors (Lipinski definition) is 3. The van der Waals surface area contributed by atoms with Crippen LogP contribution < -0.4 is 5.32 Å². The van der Waals surface area contributed by atoms with Crippen LogP contribution in [-0.2, 0) is 0 Å². The van der Waals surface area contributed by atoms with E-state index in [-0.39, 0.29) is 18.8 Å². The van der Waals surface area contributed by atoms with Gasteiger partial charge in [0.05, 0.1) is 24.3 Å². The lowest BCUT2D eigenvalue weighted by Gasteiger charge is -2.30. The van der Waals surface area contributed by atoms with Gasteiger partial charge in [-0.15, -0.1) is 0 Å². The van der Waals surface area contributed by atoms with Gasteiger partial charge in [-0.25, -0.2) is 0 Å². The molecule has 1 aliphatic rings. The van der Waals surface area contributed by atoms with E-state index in [1.54, 1.807) is 0 Å². The van der Waals surface area contributed by atoms with Crippen LogP contribution in [0.15, 0.2) is 24.3 Å². The molecule has 0 spiro atoms. The number of hydrogen-bond donors (Lipinski definition) is 3. The molecule has 0 saturated carbocycles. The number of fused-ring (bicyclic) bond motifs is 1. The summed E-state index contributed by atoms with van der Waals surface area (Å²) < 4.78 is 0. The van der Waals surface area contributed by atoms with Crippen molar-refractivity contribution in [2.75, 3.05) is 11.9 Å². The standard InChI is InChI=1S/C11H15NO3/c13-6-11(15)9-5-10(14)7-3-1-2-4-8(7)12-9/h1-4,9-15H,5-6H2/p+1/t9?,10?,11-/m0/s1. The third-order valence-electron chi connectivity index (χ3n) is 2.82. The Labute approximate surface area is 88.2 Å². The molecule has 0 aromatic heterocycles. The highest BCUT2D eigenvalue weighted by molar-refractivity contribution is 5.55. The zero-order valence-electron chi connectivity index (χ0n) is 8.35. The van der Waals surface area contributed by atoms with E-state index in [0.717, 1.165) is 11.3 Å². The van der Waals surface area contributed by atoms with E-state index in [1.165, 1.54) is 0 Å². The van der Waals surface area contributed by atoms with Crippen molar-refractivity contribution in [2.45, 2.75) is 24.7 Å². The third kappa shape index (κ3) is 1.97. The van der Waals surface area contributed by atoms with Gasteiger partial charge in [-0.3, -0.25) is 0 Å². The van der Waals surface area contributed by atoms with Crippen LogP contribution >= 0.6 is 0 Å². The Morgan fingerprint density at radius 2 is 2.20 bits per heavy atom. The van der Waals surface area contributed by atoms with Gasteiger partial charge >= 0.3 is 0 Å². The fraction of sp³-hybridized carbons (Fsp3) is 0.455. The van der Waals surface area contributed by atoms with Crippen molar-refractivity contribution in [2.24, 2.45) is 0 Å². The van der Waals surface area contributed by atoms with Crippen LogP contribution in [0.4, 0.5) is 5.69 Å². The predicted molar refractivity (Wildman–Crippen MR) is 57.9 cm³/mol. The first-order valence-electron chi connectivity index (χ1n) is 5.08. The molecule has 0 amide bonds. The van der Waals surface area contributed by atoms with Crippen LogP contribution in [0, 0.1) is 0 Å². The van der Waals surface area contributed by atoms with Crippen LogP contribution in [0.2, 0.25) is 0 Å². The molecule has 2 rings (SSSR count). The lowest BCUT2D eigenvalue weighted by molar-refractivity contribution is 0.0549. The van der Waals surface area contributed by atoms with E-state index in [0.29, 0.717) is 6.42 Å². The van der Waals surface area contributed by atoms with E-state index in [4.69, 9.17) is 10.2 Å². The SMILES string of the molecule is OC[C@H](O)C1CC([OH2+])c2ccccc2N1. The van der Waals surface area contributed by atoms with Crippen molar-refractivity contribution in [3.05, 3.63) is 29.8 Å². The molecule has 4 heteroatoms. The van der Waals surface area contributed by atoms with Crippen molar-refractivity contribution in [1.82, 2.24) is 0 Å². The highest BCUT2D eigenvalue weighted by Crippen LogP contribution is 2.32. The first-order chi connectivity index (χ1) is 7.22. The smallest absolute Gasteiger partial charge is 0.184 e. The maximum Gasteiger partial charge on any atom is 0.184 e. The maximum absolute atomic E-state index is 9.53. The molecule has 1 aliphatic heterocycles. The molecule has 3 atom stereocenters. The third-order valence-corrected chi connectivity index (χ3v) is 2.82. The van der Waals surface area contributed by atoms with E-state index in [1.807, 2.05) is 24.3 Å². The van der Waals surface area contributed by atoms with Crippen molar-refractivity contribution in [3.8, 4) is 0 Å². The molecule has 1 aromatic rings. The summed E-state index contributed by atoms with van der Waals surface area (Å²) in [5, 5.41) is 29.5. The molecule has 82 valence electrons. The summed E-state index contributed by atoms with van der Waals surface area (Å²) in [4.78, 5) is 0. The Balaban J connectivity index is 2.22. The Bertz CT molecular complexity index is 342. The van der Waals surface area contributed by atoms with Crippen molar-refractivity contribution < 1.29 is 15.3 Å². The Morgan fingerprint density at radius 1 is 1.47 bits per heavy atom. The van der Waals surface area contributed by atoms with Crippen LogP contribution in [-0.4, -0.2) is 34.1 Å². The summed E-state index contributed by atoms with van der Waals surface area (Å²) in [6.07, 6.45) is -0.599. The Hall–Kier alpha value is -1.10. The van der Waals surface area contributed by atoms with E-state index in [9.17, 15) is 5.11 Å². The lowest BCUT2D eigenvalue weighted by atomic mass is 9.93. The summed E-state index contributed by atoms with van der Waals surface area (Å²) in [5.74, 6) is 0. The second-order valence-electron chi connectivity index (χ2n) is 3.88. The molecule has 0 bridgehead atoms. The molecular weight excluding hydrogens is 194 g/mol. The van der Waals surface area contributed by atoms with Gasteiger partial charge in [-0.2, -0.15) is 0 Å². The first-order valence-corrected chi connectivity index (χ1v) is 5.08. The minimum Gasteiger partial charge on any atom is -0.440 e. The lowest BCUT2D eigenvalue weighted by Crippen LogP contribution is -2.40. The van der Waals surface area contributed by atoms with Gasteiger partial charge in [0, 0.05) is 12.1 Å². The van der Waals surface area contributed by atoms with Gasteiger partial charge in [0.1, 0.15) is 0 Å². The van der Waals surface area contributed by atoms with E-state index < -0.39 is 6.10 Å². The zero-order valence-corrected chi connectivity index (χ0v) is 8.35. The van der Waals surface area contributed by atoms with Crippen LogP contribution in [0.3, 0.4) is 0 Å². The maximum atomic E-state index is 9.53. The summed E-state index contributed by atoms with van der Waals surface area (Å²) >= 11 is 0. The zero-order chi connectivity index (χ0) is 10.8. The van der Waals surface area contributed by atoms with Crippen LogP contribution in [0.25, 0.3) is 0 Å². The largest absolute Gasteiger partial charge is 0.440 e. The van der Waals surface area contributed by atoms with Gasteiger partial charge < -0.3 is 20.6 Å². The molecule has 1 aromatic carbocycles. The molecule has 1 heterocycles. The van der Waals surface area contributed by atoms with Gasteiger partial charge in [0.25, 0.3) is 0 Å². The average molecular weight is 210 g/mol. The molecule has 0 aliphatic carbocycles. The minimum atomic E-state index is -0.800. The molecule has 2 unspecified atom stereocenters. The van der Waals surface area contributed by atoms with E-state index >= 15 is 0 Å². The average Bonchev–Trinajstić information content (AvgIpc) is 2.28. The monoisotopic (exact) mass is 210 g/mol. The molecule has 0 radical (unpaired) electrons. The summed E-state index contributed by atoms with van der Waals surface area (Å²) in [6, 6.07) is 7.39. The number of aliphatic hydroxyl groups is 2. The number of nitrogens with one attached hydrogen (secondary N) is 1. The van der Waals surface area contributed by atoms with Crippen molar-refractivity contribution in [3.63, 3.8) is 0 Å². The number of aliphatic hydroxyl groups excluding tert-OH is 2. The first kappa shape index (κ1) is 10.4. The quantitative estimate of drug-likeness (QED) is 0.601. The summed E-state index contributed by atoms with van der Waals surface area (Å²) in [7, 11) is 0. The Morgan fingerprint density at radius 3 is 2.93 bits per heavy atom. The summed E-state index contributed by atoms with van der Waals surface area (Å²) in [6.45, 7) is -0.271. The van der Waals surface area contributed by atoms with Gasteiger partial charge in [-0.05, 0) is 12.1 Å². The van der Waals surface area contributed by atoms with Gasteiger partial charge in [-0.1, -0.05) is 12.1 Å². The van der Waals surface area contributed by atoms with Crippen LogP contribution in [0.1, 0.15) is 18.1 Å². The van der Waals surface area contributed by atoms with Crippen molar-refractivity contribution in [1.29, 1.82) is 0 Å². The number of rotatable bonds is 2. The molecule has 5 N–H and O–H groups in total. The fourth-order valence-corrected chi connectivity index (χ4v) is 1.95.